The average Bonchev–Trinajstić information content (AvgIpc) is 2.24. The molecular formula is C11H11BrN2O. The minimum atomic E-state index is 0.00612. The number of aryl methyl sites for hydroxylation is 1. The SMILES string of the molecule is CNc1ccc2c(ccc(=O)n2C)c1Br. The largest absolute Gasteiger partial charge is 0.387 e. The van der Waals surface area contributed by atoms with E-state index in [1.54, 1.807) is 17.7 Å². The van der Waals surface area contributed by atoms with Crippen molar-refractivity contribution < 1.29 is 0 Å². The molecule has 2 rings (SSSR count). The summed E-state index contributed by atoms with van der Waals surface area (Å²) >= 11 is 3.52. The standard InChI is InChI=1S/C11H11BrN2O/c1-13-8-4-5-9-7(11(8)12)3-6-10(15)14(9)2/h3-6,13H,1-2H3. The Labute approximate surface area is 95.9 Å². The fourth-order valence-corrected chi connectivity index (χ4v) is 2.28. The highest BCUT2D eigenvalue weighted by Crippen LogP contribution is 2.29. The Bertz CT molecular complexity index is 575. The smallest absolute Gasteiger partial charge is 0.250 e. The molecule has 0 radical (unpaired) electrons. The molecule has 2 aromatic rings. The summed E-state index contributed by atoms with van der Waals surface area (Å²) in [7, 11) is 3.64. The lowest BCUT2D eigenvalue weighted by molar-refractivity contribution is 0.906. The van der Waals surface area contributed by atoms with Gasteiger partial charge in [-0.2, -0.15) is 0 Å². The van der Waals surface area contributed by atoms with Crippen LogP contribution in [0, 0.1) is 0 Å². The highest BCUT2D eigenvalue weighted by molar-refractivity contribution is 9.10. The Morgan fingerprint density at radius 2 is 2.00 bits per heavy atom. The molecule has 78 valence electrons. The zero-order valence-electron chi connectivity index (χ0n) is 8.54. The van der Waals surface area contributed by atoms with E-state index < -0.39 is 0 Å². The zero-order chi connectivity index (χ0) is 11.0. The molecule has 1 aromatic carbocycles. The zero-order valence-corrected chi connectivity index (χ0v) is 10.1. The normalized spacial score (nSPS) is 10.6. The number of hydrogen-bond acceptors (Lipinski definition) is 2. The van der Waals surface area contributed by atoms with Crippen molar-refractivity contribution in [2.75, 3.05) is 12.4 Å². The maximum absolute atomic E-state index is 11.4. The van der Waals surface area contributed by atoms with E-state index in [9.17, 15) is 4.79 Å². The molecule has 1 aromatic heterocycles. The van der Waals surface area contributed by atoms with Crippen LogP contribution in [0.15, 0.2) is 33.5 Å². The van der Waals surface area contributed by atoms with Crippen LogP contribution in [0.25, 0.3) is 10.9 Å². The van der Waals surface area contributed by atoms with E-state index in [1.807, 2.05) is 25.2 Å². The fourth-order valence-electron chi connectivity index (χ4n) is 1.61. The van der Waals surface area contributed by atoms with Crippen LogP contribution >= 0.6 is 15.9 Å². The number of aromatic nitrogens is 1. The predicted octanol–water partition coefficient (Wildman–Crippen LogP) is 2.34. The van der Waals surface area contributed by atoms with Crippen molar-refractivity contribution in [3.63, 3.8) is 0 Å². The third-order valence-electron chi connectivity index (χ3n) is 2.51. The first-order chi connectivity index (χ1) is 7.15. The lowest BCUT2D eigenvalue weighted by atomic mass is 10.2. The summed E-state index contributed by atoms with van der Waals surface area (Å²) < 4.78 is 2.62. The van der Waals surface area contributed by atoms with Crippen molar-refractivity contribution in [3.05, 3.63) is 39.1 Å². The molecular weight excluding hydrogens is 256 g/mol. The number of nitrogens with one attached hydrogen (secondary N) is 1. The second-order valence-corrected chi connectivity index (χ2v) is 4.13. The number of pyridine rings is 1. The number of hydrogen-bond donors (Lipinski definition) is 1. The van der Waals surface area contributed by atoms with Crippen LogP contribution in [0.1, 0.15) is 0 Å². The van der Waals surface area contributed by atoms with Crippen molar-refractivity contribution in [3.8, 4) is 0 Å². The number of halogens is 1. The Balaban J connectivity index is 2.91. The van der Waals surface area contributed by atoms with Gasteiger partial charge in [0.15, 0.2) is 0 Å². The summed E-state index contributed by atoms with van der Waals surface area (Å²) in [4.78, 5) is 11.4. The molecule has 1 N–H and O–H groups in total. The summed E-state index contributed by atoms with van der Waals surface area (Å²) in [5, 5.41) is 4.12. The third-order valence-corrected chi connectivity index (χ3v) is 3.36. The maximum atomic E-state index is 11.4. The predicted molar refractivity (Wildman–Crippen MR) is 66.4 cm³/mol. The van der Waals surface area contributed by atoms with E-state index in [0.29, 0.717) is 0 Å². The molecule has 0 unspecified atom stereocenters. The minimum Gasteiger partial charge on any atom is -0.387 e. The molecule has 0 spiro atoms. The second kappa shape index (κ2) is 3.70. The quantitative estimate of drug-likeness (QED) is 0.860. The van der Waals surface area contributed by atoms with Crippen LogP contribution in [-0.4, -0.2) is 11.6 Å². The molecule has 3 nitrogen and oxygen atoms in total. The van der Waals surface area contributed by atoms with E-state index in [2.05, 4.69) is 21.2 Å². The highest BCUT2D eigenvalue weighted by Gasteiger charge is 2.05. The van der Waals surface area contributed by atoms with Gasteiger partial charge < -0.3 is 9.88 Å². The maximum Gasteiger partial charge on any atom is 0.250 e. The van der Waals surface area contributed by atoms with Crippen molar-refractivity contribution in [2.45, 2.75) is 0 Å². The molecule has 0 aliphatic heterocycles. The van der Waals surface area contributed by atoms with E-state index in [4.69, 9.17) is 0 Å². The molecule has 4 heteroatoms. The lowest BCUT2D eigenvalue weighted by Crippen LogP contribution is -2.15. The summed E-state index contributed by atoms with van der Waals surface area (Å²) in [6, 6.07) is 7.30. The van der Waals surface area contributed by atoms with Crippen LogP contribution in [0.5, 0.6) is 0 Å². The van der Waals surface area contributed by atoms with Crippen molar-refractivity contribution in [2.24, 2.45) is 7.05 Å². The topological polar surface area (TPSA) is 34.0 Å². The molecule has 0 bridgehead atoms. The number of fused-ring (bicyclic) bond motifs is 1. The van der Waals surface area contributed by atoms with Crippen LogP contribution in [-0.2, 0) is 7.05 Å². The van der Waals surface area contributed by atoms with Gasteiger partial charge in [-0.15, -0.1) is 0 Å². The third kappa shape index (κ3) is 1.55. The van der Waals surface area contributed by atoms with Gasteiger partial charge in [0.1, 0.15) is 0 Å². The number of anilines is 1. The number of benzene rings is 1. The summed E-state index contributed by atoms with van der Waals surface area (Å²) in [6.45, 7) is 0. The van der Waals surface area contributed by atoms with Gasteiger partial charge in [0.05, 0.1) is 5.52 Å². The Morgan fingerprint density at radius 3 is 2.67 bits per heavy atom. The second-order valence-electron chi connectivity index (χ2n) is 3.34. The molecule has 0 amide bonds. The molecule has 0 saturated heterocycles. The van der Waals surface area contributed by atoms with Gasteiger partial charge in [-0.3, -0.25) is 4.79 Å². The van der Waals surface area contributed by atoms with E-state index in [0.717, 1.165) is 21.1 Å². The fraction of sp³-hybridized carbons (Fsp3) is 0.182. The van der Waals surface area contributed by atoms with Crippen molar-refractivity contribution in [1.82, 2.24) is 4.57 Å². The van der Waals surface area contributed by atoms with E-state index in [1.165, 1.54) is 0 Å². The number of rotatable bonds is 1. The first-order valence-corrected chi connectivity index (χ1v) is 5.40. The monoisotopic (exact) mass is 266 g/mol. The highest BCUT2D eigenvalue weighted by atomic mass is 79.9. The molecule has 0 aliphatic rings. The number of nitrogens with zero attached hydrogens (tertiary/aromatic N) is 1. The Kier molecular flexibility index (Phi) is 2.52. The minimum absolute atomic E-state index is 0.00612. The van der Waals surface area contributed by atoms with Crippen molar-refractivity contribution >= 4 is 32.5 Å². The van der Waals surface area contributed by atoms with Gasteiger partial charge in [0.2, 0.25) is 0 Å². The molecule has 15 heavy (non-hydrogen) atoms. The van der Waals surface area contributed by atoms with Crippen LogP contribution in [0.2, 0.25) is 0 Å². The first-order valence-electron chi connectivity index (χ1n) is 4.61. The summed E-state index contributed by atoms with van der Waals surface area (Å²) in [6.07, 6.45) is 0. The van der Waals surface area contributed by atoms with Gasteiger partial charge in [-0.05, 0) is 34.1 Å². The Morgan fingerprint density at radius 1 is 1.27 bits per heavy atom. The Hall–Kier alpha value is -1.29. The molecule has 0 fully saturated rings. The van der Waals surface area contributed by atoms with Gasteiger partial charge in [0, 0.05) is 35.7 Å². The lowest BCUT2D eigenvalue weighted by Gasteiger charge is -2.09. The van der Waals surface area contributed by atoms with Crippen LogP contribution < -0.4 is 10.9 Å². The van der Waals surface area contributed by atoms with Crippen molar-refractivity contribution in [1.29, 1.82) is 0 Å². The van der Waals surface area contributed by atoms with E-state index >= 15 is 0 Å². The average molecular weight is 267 g/mol. The van der Waals surface area contributed by atoms with Gasteiger partial charge >= 0.3 is 0 Å². The molecule has 1 heterocycles. The van der Waals surface area contributed by atoms with Crippen LogP contribution in [0.4, 0.5) is 5.69 Å². The molecule has 0 saturated carbocycles. The molecule has 0 atom stereocenters. The summed E-state index contributed by atoms with van der Waals surface area (Å²) in [5.41, 5.74) is 1.95. The van der Waals surface area contributed by atoms with Gasteiger partial charge in [-0.1, -0.05) is 0 Å². The van der Waals surface area contributed by atoms with Gasteiger partial charge in [0.25, 0.3) is 5.56 Å². The van der Waals surface area contributed by atoms with E-state index in [-0.39, 0.29) is 5.56 Å². The molecule has 0 aliphatic carbocycles. The van der Waals surface area contributed by atoms with Crippen LogP contribution in [0.3, 0.4) is 0 Å². The van der Waals surface area contributed by atoms with Gasteiger partial charge in [-0.25, -0.2) is 0 Å². The first kappa shape index (κ1) is 10.2. The summed E-state index contributed by atoms with van der Waals surface area (Å²) in [5.74, 6) is 0.